The van der Waals surface area contributed by atoms with E-state index in [1.54, 1.807) is 0 Å². The lowest BCUT2D eigenvalue weighted by molar-refractivity contribution is 0.263. The molecule has 5 heteroatoms. The van der Waals surface area contributed by atoms with Crippen molar-refractivity contribution in [3.8, 4) is 0 Å². The van der Waals surface area contributed by atoms with Crippen molar-refractivity contribution < 1.29 is 13.9 Å². The van der Waals surface area contributed by atoms with E-state index in [9.17, 15) is 8.78 Å². The minimum absolute atomic E-state index is 0.0571. The molecule has 4 N–H and O–H groups in total. The number of nitrogens with two attached hydrogens (primary N) is 1. The quantitative estimate of drug-likeness (QED) is 0.707. The molecule has 0 bridgehead atoms. The largest absolute Gasteiger partial charge is 0.396 e. The first kappa shape index (κ1) is 14.0. The molecule has 0 aliphatic rings. The van der Waals surface area contributed by atoms with Crippen molar-refractivity contribution in [2.75, 3.05) is 13.2 Å². The topological polar surface area (TPSA) is 58.3 Å². The van der Waals surface area contributed by atoms with Gasteiger partial charge in [0.2, 0.25) is 0 Å². The lowest BCUT2D eigenvalue weighted by atomic mass is 10.1. The third-order valence-electron chi connectivity index (χ3n) is 2.63. The van der Waals surface area contributed by atoms with Crippen LogP contribution in [0.4, 0.5) is 8.78 Å². The molecule has 0 saturated carbocycles. The zero-order valence-electron chi connectivity index (χ0n) is 9.79. The number of aliphatic hydroxyl groups is 1. The number of benzene rings is 1. The third kappa shape index (κ3) is 4.03. The molecule has 0 aliphatic carbocycles. The van der Waals surface area contributed by atoms with E-state index in [0.717, 1.165) is 12.1 Å². The van der Waals surface area contributed by atoms with Gasteiger partial charge in [-0.2, -0.15) is 0 Å². The number of aliphatic hydroxyl groups excluding tert-OH is 1. The fraction of sp³-hybridized carbons (Fsp3) is 0.500. The molecule has 1 aromatic rings. The smallest absolute Gasteiger partial charge is 0.159 e. The highest BCUT2D eigenvalue weighted by atomic mass is 19.2. The number of hydrogen-bond acceptors (Lipinski definition) is 3. The normalized spacial score (nSPS) is 14.6. The predicted octanol–water partition coefficient (Wildman–Crippen LogP) is 1.33. The van der Waals surface area contributed by atoms with E-state index in [2.05, 4.69) is 5.32 Å². The Hall–Kier alpha value is -1.04. The van der Waals surface area contributed by atoms with Crippen LogP contribution in [0.25, 0.3) is 0 Å². The maximum atomic E-state index is 13.1. The molecule has 1 rings (SSSR count). The van der Waals surface area contributed by atoms with E-state index < -0.39 is 11.6 Å². The zero-order chi connectivity index (χ0) is 12.8. The Kier molecular flexibility index (Phi) is 5.47. The molecular weight excluding hydrogens is 226 g/mol. The summed E-state index contributed by atoms with van der Waals surface area (Å²) in [7, 11) is 0. The summed E-state index contributed by atoms with van der Waals surface area (Å²) in [5.41, 5.74) is 6.20. The van der Waals surface area contributed by atoms with Crippen LogP contribution in [-0.4, -0.2) is 24.3 Å². The zero-order valence-corrected chi connectivity index (χ0v) is 9.79. The van der Waals surface area contributed by atoms with E-state index in [1.807, 2.05) is 6.92 Å². The summed E-state index contributed by atoms with van der Waals surface area (Å²) in [5.74, 6) is -1.74. The average molecular weight is 244 g/mol. The Labute approximate surface area is 99.6 Å². The van der Waals surface area contributed by atoms with Gasteiger partial charge in [-0.1, -0.05) is 6.07 Å². The highest BCUT2D eigenvalue weighted by Gasteiger charge is 2.14. The van der Waals surface area contributed by atoms with Gasteiger partial charge in [0.05, 0.1) is 0 Å². The van der Waals surface area contributed by atoms with Crippen LogP contribution in [0.1, 0.15) is 24.9 Å². The number of halogens is 2. The molecule has 0 heterocycles. The van der Waals surface area contributed by atoms with E-state index in [0.29, 0.717) is 12.0 Å². The van der Waals surface area contributed by atoms with Gasteiger partial charge in [0.1, 0.15) is 0 Å². The first-order valence-electron chi connectivity index (χ1n) is 5.60. The van der Waals surface area contributed by atoms with E-state index in [1.165, 1.54) is 6.07 Å². The summed E-state index contributed by atoms with van der Waals surface area (Å²) >= 11 is 0. The summed E-state index contributed by atoms with van der Waals surface area (Å²) in [5, 5.41) is 11.9. The van der Waals surface area contributed by atoms with Crippen LogP contribution in [0.5, 0.6) is 0 Å². The van der Waals surface area contributed by atoms with Gasteiger partial charge >= 0.3 is 0 Å². The average Bonchev–Trinajstić information content (AvgIpc) is 2.30. The Morgan fingerprint density at radius 3 is 2.59 bits per heavy atom. The third-order valence-corrected chi connectivity index (χ3v) is 2.63. The van der Waals surface area contributed by atoms with Gasteiger partial charge in [0.15, 0.2) is 11.6 Å². The van der Waals surface area contributed by atoms with E-state index >= 15 is 0 Å². The second-order valence-electron chi connectivity index (χ2n) is 4.04. The molecule has 0 amide bonds. The van der Waals surface area contributed by atoms with Gasteiger partial charge in [-0.05, 0) is 31.0 Å². The molecule has 0 aliphatic heterocycles. The van der Waals surface area contributed by atoms with Crippen LogP contribution < -0.4 is 11.1 Å². The van der Waals surface area contributed by atoms with Crippen LogP contribution in [0.2, 0.25) is 0 Å². The van der Waals surface area contributed by atoms with Crippen molar-refractivity contribution in [2.24, 2.45) is 5.73 Å². The van der Waals surface area contributed by atoms with Gasteiger partial charge in [0.25, 0.3) is 0 Å². The van der Waals surface area contributed by atoms with Crippen LogP contribution in [0, 0.1) is 11.6 Å². The maximum Gasteiger partial charge on any atom is 0.159 e. The molecule has 1 aromatic carbocycles. The number of rotatable bonds is 6. The minimum Gasteiger partial charge on any atom is -0.396 e. The summed E-state index contributed by atoms with van der Waals surface area (Å²) in [6.45, 7) is 2.25. The first-order valence-corrected chi connectivity index (χ1v) is 5.60. The predicted molar refractivity (Wildman–Crippen MR) is 62.5 cm³/mol. The second-order valence-corrected chi connectivity index (χ2v) is 4.04. The first-order chi connectivity index (χ1) is 8.08. The molecule has 17 heavy (non-hydrogen) atoms. The molecule has 96 valence electrons. The van der Waals surface area contributed by atoms with Crippen molar-refractivity contribution in [1.82, 2.24) is 5.32 Å². The number of nitrogens with one attached hydrogen (secondary N) is 1. The van der Waals surface area contributed by atoms with Crippen molar-refractivity contribution >= 4 is 0 Å². The van der Waals surface area contributed by atoms with E-state index in [-0.39, 0.29) is 25.2 Å². The fourth-order valence-corrected chi connectivity index (χ4v) is 1.65. The molecule has 0 saturated heterocycles. The SMILES string of the molecule is CC(CCO)NC(CN)c1ccc(F)c(F)c1. The number of hydrogen-bond donors (Lipinski definition) is 3. The van der Waals surface area contributed by atoms with Crippen LogP contribution >= 0.6 is 0 Å². The lowest BCUT2D eigenvalue weighted by Crippen LogP contribution is -2.35. The summed E-state index contributed by atoms with van der Waals surface area (Å²) < 4.78 is 25.9. The minimum atomic E-state index is -0.877. The van der Waals surface area contributed by atoms with Crippen molar-refractivity contribution in [3.05, 3.63) is 35.4 Å². The molecule has 3 nitrogen and oxygen atoms in total. The fourth-order valence-electron chi connectivity index (χ4n) is 1.65. The molecule has 2 atom stereocenters. The molecular formula is C12H18F2N2O. The Morgan fingerprint density at radius 2 is 2.06 bits per heavy atom. The van der Waals surface area contributed by atoms with Gasteiger partial charge < -0.3 is 16.2 Å². The Bertz CT molecular complexity index is 360. The summed E-state index contributed by atoms with van der Waals surface area (Å²) in [6, 6.07) is 3.56. The van der Waals surface area contributed by atoms with Crippen LogP contribution in [0.15, 0.2) is 18.2 Å². The van der Waals surface area contributed by atoms with Crippen LogP contribution in [-0.2, 0) is 0 Å². The molecule has 0 radical (unpaired) electrons. The monoisotopic (exact) mass is 244 g/mol. The molecule has 2 unspecified atom stereocenters. The van der Waals surface area contributed by atoms with Gasteiger partial charge in [-0.3, -0.25) is 0 Å². The highest BCUT2D eigenvalue weighted by Crippen LogP contribution is 2.16. The Balaban J connectivity index is 2.75. The standard InChI is InChI=1S/C12H18F2N2O/c1-8(4-5-17)16-12(7-15)9-2-3-10(13)11(14)6-9/h2-3,6,8,12,16-17H,4-5,7,15H2,1H3. The van der Waals surface area contributed by atoms with E-state index in [4.69, 9.17) is 10.8 Å². The lowest BCUT2D eigenvalue weighted by Gasteiger charge is -2.22. The Morgan fingerprint density at radius 1 is 1.35 bits per heavy atom. The van der Waals surface area contributed by atoms with Crippen molar-refractivity contribution in [2.45, 2.75) is 25.4 Å². The summed E-state index contributed by atoms with van der Waals surface area (Å²) in [6.07, 6.45) is 0.584. The maximum absolute atomic E-state index is 13.1. The molecule has 0 spiro atoms. The van der Waals surface area contributed by atoms with Crippen LogP contribution in [0.3, 0.4) is 0 Å². The molecule has 0 fully saturated rings. The van der Waals surface area contributed by atoms with Gasteiger partial charge in [-0.15, -0.1) is 0 Å². The summed E-state index contributed by atoms with van der Waals surface area (Å²) in [4.78, 5) is 0. The highest BCUT2D eigenvalue weighted by molar-refractivity contribution is 5.21. The van der Waals surface area contributed by atoms with Gasteiger partial charge in [0, 0.05) is 25.2 Å². The second kappa shape index (κ2) is 6.64. The molecule has 0 aromatic heterocycles. The van der Waals surface area contributed by atoms with Gasteiger partial charge in [-0.25, -0.2) is 8.78 Å². The van der Waals surface area contributed by atoms with Crippen molar-refractivity contribution in [3.63, 3.8) is 0 Å². The van der Waals surface area contributed by atoms with Crippen molar-refractivity contribution in [1.29, 1.82) is 0 Å².